The summed E-state index contributed by atoms with van der Waals surface area (Å²) in [6.45, 7) is 6.08. The van der Waals surface area contributed by atoms with Crippen LogP contribution in [0.1, 0.15) is 45.2 Å². The van der Waals surface area contributed by atoms with Crippen molar-refractivity contribution < 1.29 is 28.6 Å². The summed E-state index contributed by atoms with van der Waals surface area (Å²) < 4.78 is 18.0. The van der Waals surface area contributed by atoms with Crippen molar-refractivity contribution in [2.75, 3.05) is 46.1 Å². The molecule has 0 aliphatic carbocycles. The van der Waals surface area contributed by atoms with E-state index in [0.29, 0.717) is 58.8 Å². The summed E-state index contributed by atoms with van der Waals surface area (Å²) >= 11 is 0. The number of carbonyl (C=O) groups excluding carboxylic acids is 3. The van der Waals surface area contributed by atoms with Crippen LogP contribution < -0.4 is 22.1 Å². The van der Waals surface area contributed by atoms with Gasteiger partial charge in [-0.15, -0.1) is 5.10 Å². The van der Waals surface area contributed by atoms with Crippen LogP contribution in [-0.2, 0) is 41.7 Å². The number of carbonyl (C=O) groups is 3. The Morgan fingerprint density at radius 3 is 2.51 bits per heavy atom. The molecule has 0 aromatic carbocycles. The van der Waals surface area contributed by atoms with Gasteiger partial charge in [-0.3, -0.25) is 14.4 Å². The highest BCUT2D eigenvalue weighted by atomic mass is 16.5. The number of amides is 2. The highest BCUT2D eigenvalue weighted by Crippen LogP contribution is 2.02. The van der Waals surface area contributed by atoms with Crippen LogP contribution >= 0.6 is 0 Å². The Morgan fingerprint density at radius 1 is 1.06 bits per heavy atom. The third-order valence-corrected chi connectivity index (χ3v) is 5.00. The summed E-state index contributed by atoms with van der Waals surface area (Å²) in [6, 6.07) is -0.559. The van der Waals surface area contributed by atoms with Gasteiger partial charge in [0.1, 0.15) is 13.2 Å². The summed E-state index contributed by atoms with van der Waals surface area (Å²) in [5.74, 6) is -0.883. The molecule has 0 fully saturated rings. The molecule has 200 valence electrons. The van der Waals surface area contributed by atoms with E-state index in [1.54, 1.807) is 10.9 Å². The molecule has 2 amide bonds. The zero-order valence-electron chi connectivity index (χ0n) is 20.9. The number of nitrogens with zero attached hydrogens (tertiary/aromatic N) is 3. The van der Waals surface area contributed by atoms with Gasteiger partial charge in [0.15, 0.2) is 5.78 Å². The Morgan fingerprint density at radius 2 is 1.83 bits per heavy atom. The molecule has 1 aromatic rings. The van der Waals surface area contributed by atoms with Gasteiger partial charge in [-0.1, -0.05) is 5.21 Å². The van der Waals surface area contributed by atoms with Crippen molar-refractivity contribution in [1.29, 1.82) is 0 Å². The van der Waals surface area contributed by atoms with Crippen LogP contribution in [0.5, 0.6) is 0 Å². The van der Waals surface area contributed by atoms with Gasteiger partial charge in [0, 0.05) is 19.3 Å². The van der Waals surface area contributed by atoms with Crippen molar-refractivity contribution in [3.63, 3.8) is 0 Å². The predicted octanol–water partition coefficient (Wildman–Crippen LogP) is -1.12. The summed E-state index contributed by atoms with van der Waals surface area (Å²) in [4.78, 5) is 35.4. The van der Waals surface area contributed by atoms with Crippen LogP contribution in [0.4, 0.5) is 0 Å². The van der Waals surface area contributed by atoms with Crippen molar-refractivity contribution >= 4 is 17.6 Å². The van der Waals surface area contributed by atoms with E-state index in [9.17, 15) is 14.4 Å². The molecule has 0 aliphatic rings. The Labute approximate surface area is 206 Å². The third-order valence-electron chi connectivity index (χ3n) is 5.00. The molecule has 0 radical (unpaired) electrons. The quantitative estimate of drug-likeness (QED) is 0.151. The molecule has 2 atom stereocenters. The number of nitrogens with two attached hydrogens (primary N) is 2. The van der Waals surface area contributed by atoms with Gasteiger partial charge in [-0.05, 0) is 46.1 Å². The molecule has 1 unspecified atom stereocenters. The first kappa shape index (κ1) is 30.6. The van der Waals surface area contributed by atoms with E-state index in [-0.39, 0.29) is 31.0 Å². The molecule has 0 bridgehead atoms. The zero-order valence-corrected chi connectivity index (χ0v) is 20.9. The number of rotatable bonds is 21. The molecular formula is C22H41N7O6. The average Bonchev–Trinajstić information content (AvgIpc) is 3.28. The van der Waals surface area contributed by atoms with Crippen molar-refractivity contribution in [2.45, 2.75) is 64.8 Å². The Balaban J connectivity index is 2.02. The second-order valence-corrected chi connectivity index (χ2v) is 8.12. The fourth-order valence-electron chi connectivity index (χ4n) is 3.00. The fourth-order valence-corrected chi connectivity index (χ4v) is 3.00. The molecule has 35 heavy (non-hydrogen) atoms. The van der Waals surface area contributed by atoms with E-state index in [2.05, 4.69) is 20.9 Å². The van der Waals surface area contributed by atoms with Crippen LogP contribution in [0.3, 0.4) is 0 Å². The molecule has 1 heterocycles. The summed E-state index contributed by atoms with van der Waals surface area (Å²) in [6.07, 6.45) is 4.41. The smallest absolute Gasteiger partial charge is 0.246 e. The molecular weight excluding hydrogens is 458 g/mol. The molecule has 0 saturated heterocycles. The zero-order chi connectivity index (χ0) is 25.9. The Bertz CT molecular complexity index is 746. The largest absolute Gasteiger partial charge is 0.377 e. The third kappa shape index (κ3) is 15.2. The van der Waals surface area contributed by atoms with Gasteiger partial charge >= 0.3 is 0 Å². The van der Waals surface area contributed by atoms with E-state index >= 15 is 0 Å². The lowest BCUT2D eigenvalue weighted by Crippen LogP contribution is -2.42. The van der Waals surface area contributed by atoms with E-state index in [4.69, 9.17) is 25.7 Å². The first-order valence-corrected chi connectivity index (χ1v) is 12.0. The first-order chi connectivity index (χ1) is 16.8. The van der Waals surface area contributed by atoms with Crippen molar-refractivity contribution in [3.05, 3.63) is 11.9 Å². The second-order valence-electron chi connectivity index (χ2n) is 8.12. The number of nitrogens with one attached hydrogen (secondary N) is 2. The Kier molecular flexibility index (Phi) is 16.4. The number of hydrogen-bond acceptors (Lipinski definition) is 10. The number of ketones is 1. The monoisotopic (exact) mass is 499 g/mol. The first-order valence-electron chi connectivity index (χ1n) is 12.0. The summed E-state index contributed by atoms with van der Waals surface area (Å²) in [7, 11) is 0. The lowest BCUT2D eigenvalue weighted by Gasteiger charge is -2.16. The number of aromatic nitrogens is 3. The summed E-state index contributed by atoms with van der Waals surface area (Å²) in [5.41, 5.74) is 11.7. The normalized spacial score (nSPS) is 12.8. The average molecular weight is 500 g/mol. The van der Waals surface area contributed by atoms with Gasteiger partial charge in [0.25, 0.3) is 0 Å². The second kappa shape index (κ2) is 18.8. The van der Waals surface area contributed by atoms with Crippen molar-refractivity contribution in [2.24, 2.45) is 11.5 Å². The van der Waals surface area contributed by atoms with E-state index in [0.717, 1.165) is 18.5 Å². The summed E-state index contributed by atoms with van der Waals surface area (Å²) in [5, 5.41) is 13.2. The minimum atomic E-state index is -0.559. The van der Waals surface area contributed by atoms with Crippen molar-refractivity contribution in [1.82, 2.24) is 25.6 Å². The minimum absolute atomic E-state index is 0.0594. The highest BCUT2D eigenvalue weighted by molar-refractivity contribution is 5.88. The van der Waals surface area contributed by atoms with Gasteiger partial charge in [0.2, 0.25) is 11.8 Å². The van der Waals surface area contributed by atoms with Gasteiger partial charge in [-0.25, -0.2) is 4.68 Å². The highest BCUT2D eigenvalue weighted by Gasteiger charge is 2.16. The molecule has 6 N–H and O–H groups in total. The number of ether oxygens (including phenoxy) is 3. The maximum Gasteiger partial charge on any atom is 0.246 e. The molecule has 0 saturated carbocycles. The maximum atomic E-state index is 11.9. The van der Waals surface area contributed by atoms with Crippen LogP contribution in [0.15, 0.2) is 6.20 Å². The fraction of sp³-hybridized carbons (Fsp3) is 0.773. The number of unbranched alkanes of at least 4 members (excludes halogenated alkanes) is 1. The minimum Gasteiger partial charge on any atom is -0.377 e. The topological polar surface area (TPSA) is 186 Å². The van der Waals surface area contributed by atoms with Crippen LogP contribution in [0.2, 0.25) is 0 Å². The van der Waals surface area contributed by atoms with Gasteiger partial charge in [-0.2, -0.15) is 0 Å². The van der Waals surface area contributed by atoms with E-state index in [1.165, 1.54) is 6.92 Å². The molecule has 1 rings (SSSR count). The standard InChI is InChI=1S/C22H41N7O6/c1-17(35-12-11-33-10-9-29-14-19(13-24)27-28-29)6-8-25-21(31)15-34-16-22(32)26-20(18(2)30)5-3-4-7-23/h14,17,20H,3-13,15-16,23-24H2,1-2H3,(H,25,31)(H,26,32)/t17?,20-/m0/s1. The molecule has 1 aromatic heterocycles. The Hall–Kier alpha value is -2.45. The lowest BCUT2D eigenvalue weighted by molar-refractivity contribution is -0.133. The van der Waals surface area contributed by atoms with Crippen LogP contribution in [0.25, 0.3) is 0 Å². The van der Waals surface area contributed by atoms with Gasteiger partial charge < -0.3 is 36.3 Å². The van der Waals surface area contributed by atoms with Crippen molar-refractivity contribution in [3.8, 4) is 0 Å². The van der Waals surface area contributed by atoms with Crippen LogP contribution in [0, 0.1) is 0 Å². The molecule has 0 aliphatic heterocycles. The molecule has 13 heteroatoms. The molecule has 13 nitrogen and oxygen atoms in total. The van der Waals surface area contributed by atoms with E-state index < -0.39 is 11.9 Å². The maximum absolute atomic E-state index is 11.9. The van der Waals surface area contributed by atoms with Gasteiger partial charge in [0.05, 0.1) is 44.2 Å². The SMILES string of the molecule is CC(=O)[C@H](CCCCN)NC(=O)COCC(=O)NCCC(C)OCCOCCn1cc(CN)nn1. The number of hydrogen-bond donors (Lipinski definition) is 4. The predicted molar refractivity (Wildman–Crippen MR) is 128 cm³/mol. The molecule has 0 spiro atoms. The van der Waals surface area contributed by atoms with E-state index in [1.807, 2.05) is 6.92 Å². The lowest BCUT2D eigenvalue weighted by atomic mass is 10.1. The number of Topliss-reactive ketones (excluding diaryl/α,β-unsaturated/α-hetero) is 1. The van der Waals surface area contributed by atoms with Crippen LogP contribution in [-0.4, -0.2) is 90.9 Å².